The Morgan fingerprint density at radius 2 is 1.70 bits per heavy atom. The molecule has 2 aromatic rings. The second kappa shape index (κ2) is 7.44. The highest BCUT2D eigenvalue weighted by atomic mass is 32.2. The van der Waals surface area contributed by atoms with Crippen molar-refractivity contribution in [3.8, 4) is 0 Å². The Labute approximate surface area is 160 Å². The normalized spacial score (nSPS) is 22.4. The fraction of sp³-hybridized carbons (Fsp3) is 0.381. The van der Waals surface area contributed by atoms with Gasteiger partial charge in [-0.05, 0) is 49.4 Å². The van der Waals surface area contributed by atoms with E-state index in [1.54, 1.807) is 18.2 Å². The molecule has 1 N–H and O–H groups in total. The average Bonchev–Trinajstić information content (AvgIpc) is 3.47. The summed E-state index contributed by atoms with van der Waals surface area (Å²) >= 11 is 0. The lowest BCUT2D eigenvalue weighted by atomic mass is 10.1. The number of piperidine rings is 1. The predicted molar refractivity (Wildman–Crippen MR) is 104 cm³/mol. The van der Waals surface area contributed by atoms with Crippen LogP contribution < -0.4 is 4.72 Å². The second-order valence-electron chi connectivity index (χ2n) is 7.36. The summed E-state index contributed by atoms with van der Waals surface area (Å²) in [6, 6.07) is 16.2. The summed E-state index contributed by atoms with van der Waals surface area (Å²) in [6.45, 7) is 1.49. The van der Waals surface area contributed by atoms with Gasteiger partial charge in [0, 0.05) is 30.6 Å². The van der Waals surface area contributed by atoms with Crippen LogP contribution in [0.25, 0.3) is 0 Å². The number of hydrogen-bond acceptors (Lipinski definition) is 3. The Hall–Kier alpha value is -2.18. The van der Waals surface area contributed by atoms with Crippen LogP contribution in [0.5, 0.6) is 0 Å². The summed E-state index contributed by atoms with van der Waals surface area (Å²) in [5.41, 5.74) is 1.59. The van der Waals surface area contributed by atoms with Gasteiger partial charge in [0.15, 0.2) is 0 Å². The third-order valence-electron chi connectivity index (χ3n) is 5.36. The molecule has 2 fully saturated rings. The van der Waals surface area contributed by atoms with Gasteiger partial charge >= 0.3 is 0 Å². The fourth-order valence-corrected chi connectivity index (χ4v) is 5.07. The van der Waals surface area contributed by atoms with Crippen LogP contribution >= 0.6 is 0 Å². The van der Waals surface area contributed by atoms with E-state index in [-0.39, 0.29) is 22.8 Å². The molecule has 0 aromatic heterocycles. The van der Waals surface area contributed by atoms with Crippen molar-refractivity contribution >= 4 is 15.9 Å². The Bertz CT molecular complexity index is 921. The molecule has 27 heavy (non-hydrogen) atoms. The molecule has 6 heteroatoms. The zero-order valence-electron chi connectivity index (χ0n) is 15.2. The summed E-state index contributed by atoms with van der Waals surface area (Å²) in [5.74, 6) is 0.138. The molecule has 1 saturated carbocycles. The Kier molecular flexibility index (Phi) is 5.02. The van der Waals surface area contributed by atoms with Gasteiger partial charge in [0.1, 0.15) is 0 Å². The molecule has 4 rings (SSSR count). The summed E-state index contributed by atoms with van der Waals surface area (Å²) in [7, 11) is -3.65. The molecular formula is C21H24N2O3S. The number of carbonyl (C=O) groups is 1. The minimum absolute atomic E-state index is 0.0830. The van der Waals surface area contributed by atoms with Gasteiger partial charge in [-0.3, -0.25) is 4.79 Å². The van der Waals surface area contributed by atoms with E-state index >= 15 is 0 Å². The van der Waals surface area contributed by atoms with Crippen LogP contribution in [0.3, 0.4) is 0 Å². The molecule has 1 heterocycles. The van der Waals surface area contributed by atoms with E-state index in [1.807, 2.05) is 35.2 Å². The molecule has 0 radical (unpaired) electrons. The van der Waals surface area contributed by atoms with Crippen molar-refractivity contribution < 1.29 is 13.2 Å². The molecular weight excluding hydrogens is 360 g/mol. The standard InChI is InChI=1S/C21H24N2O3S/c24-21(23-12-5-2-6-13-23)17-10-7-11-18(14-17)27(25,26)22-20-15-19(20)16-8-3-1-4-9-16/h1,3-4,7-11,14,19-20,22H,2,5-6,12-13,15H2/t19-,20+/m0/s1. The lowest BCUT2D eigenvalue weighted by molar-refractivity contribution is 0.0724. The Balaban J connectivity index is 1.47. The SMILES string of the molecule is O=C(c1cccc(S(=O)(=O)N[C@@H]2C[C@H]2c2ccccc2)c1)N1CCCCC1. The maximum atomic E-state index is 12.8. The summed E-state index contributed by atoms with van der Waals surface area (Å²) in [5, 5.41) is 0. The number of amides is 1. The van der Waals surface area contributed by atoms with E-state index in [4.69, 9.17) is 0 Å². The van der Waals surface area contributed by atoms with Crippen LogP contribution in [0.15, 0.2) is 59.5 Å². The lowest BCUT2D eigenvalue weighted by Gasteiger charge is -2.26. The molecule has 5 nitrogen and oxygen atoms in total. The number of sulfonamides is 1. The molecule has 1 aliphatic carbocycles. The van der Waals surface area contributed by atoms with Crippen LogP contribution in [0.1, 0.15) is 47.5 Å². The van der Waals surface area contributed by atoms with E-state index in [9.17, 15) is 13.2 Å². The fourth-order valence-electron chi connectivity index (χ4n) is 3.74. The van der Waals surface area contributed by atoms with E-state index in [1.165, 1.54) is 6.07 Å². The lowest BCUT2D eigenvalue weighted by Crippen LogP contribution is -2.35. The van der Waals surface area contributed by atoms with Gasteiger partial charge in [0.25, 0.3) is 5.91 Å². The number of carbonyl (C=O) groups excluding carboxylic acids is 1. The maximum absolute atomic E-state index is 12.8. The molecule has 1 amide bonds. The highest BCUT2D eigenvalue weighted by molar-refractivity contribution is 7.89. The van der Waals surface area contributed by atoms with Crippen LogP contribution in [-0.2, 0) is 10.0 Å². The van der Waals surface area contributed by atoms with Crippen molar-refractivity contribution in [2.45, 2.75) is 42.5 Å². The highest BCUT2D eigenvalue weighted by Gasteiger charge is 2.41. The van der Waals surface area contributed by atoms with Crippen LogP contribution in [-0.4, -0.2) is 38.4 Å². The summed E-state index contributed by atoms with van der Waals surface area (Å²) in [4.78, 5) is 14.6. The van der Waals surface area contributed by atoms with Gasteiger partial charge in [-0.1, -0.05) is 36.4 Å². The van der Waals surface area contributed by atoms with Crippen molar-refractivity contribution in [3.63, 3.8) is 0 Å². The van der Waals surface area contributed by atoms with Crippen molar-refractivity contribution in [2.75, 3.05) is 13.1 Å². The minimum Gasteiger partial charge on any atom is -0.339 e. The van der Waals surface area contributed by atoms with Crippen molar-refractivity contribution in [1.29, 1.82) is 0 Å². The quantitative estimate of drug-likeness (QED) is 0.861. The van der Waals surface area contributed by atoms with Gasteiger partial charge < -0.3 is 4.90 Å². The molecule has 0 spiro atoms. The number of benzene rings is 2. The van der Waals surface area contributed by atoms with E-state index in [0.717, 1.165) is 44.3 Å². The zero-order chi connectivity index (χ0) is 18.9. The van der Waals surface area contributed by atoms with Gasteiger partial charge in [0.2, 0.25) is 10.0 Å². The third-order valence-corrected chi connectivity index (χ3v) is 6.85. The molecule has 0 unspecified atom stereocenters. The van der Waals surface area contributed by atoms with E-state index in [0.29, 0.717) is 5.56 Å². The third kappa shape index (κ3) is 4.06. The topological polar surface area (TPSA) is 66.5 Å². The minimum atomic E-state index is -3.65. The largest absolute Gasteiger partial charge is 0.339 e. The van der Waals surface area contributed by atoms with Crippen molar-refractivity contribution in [1.82, 2.24) is 9.62 Å². The Morgan fingerprint density at radius 1 is 0.963 bits per heavy atom. The molecule has 2 atom stereocenters. The molecule has 0 bridgehead atoms. The van der Waals surface area contributed by atoms with E-state index < -0.39 is 10.0 Å². The first-order valence-electron chi connectivity index (χ1n) is 9.51. The monoisotopic (exact) mass is 384 g/mol. The number of likely N-dealkylation sites (tertiary alicyclic amines) is 1. The molecule has 2 aromatic carbocycles. The number of rotatable bonds is 5. The smallest absolute Gasteiger partial charge is 0.253 e. The summed E-state index contributed by atoms with van der Waals surface area (Å²) < 4.78 is 28.3. The van der Waals surface area contributed by atoms with Gasteiger partial charge in [-0.2, -0.15) is 0 Å². The summed E-state index contributed by atoms with van der Waals surface area (Å²) in [6.07, 6.45) is 3.96. The first kappa shape index (κ1) is 18.2. The number of hydrogen-bond donors (Lipinski definition) is 1. The first-order chi connectivity index (χ1) is 13.0. The van der Waals surface area contributed by atoms with Crippen LogP contribution in [0, 0.1) is 0 Å². The highest BCUT2D eigenvalue weighted by Crippen LogP contribution is 2.41. The number of nitrogens with one attached hydrogen (secondary N) is 1. The van der Waals surface area contributed by atoms with Gasteiger partial charge in [0.05, 0.1) is 4.90 Å². The molecule has 1 aliphatic heterocycles. The Morgan fingerprint density at radius 3 is 2.44 bits per heavy atom. The second-order valence-corrected chi connectivity index (χ2v) is 9.08. The van der Waals surface area contributed by atoms with Crippen LogP contribution in [0.4, 0.5) is 0 Å². The first-order valence-corrected chi connectivity index (χ1v) is 11.0. The van der Waals surface area contributed by atoms with Gasteiger partial charge in [-0.15, -0.1) is 0 Å². The van der Waals surface area contributed by atoms with Crippen molar-refractivity contribution in [2.24, 2.45) is 0 Å². The van der Waals surface area contributed by atoms with Crippen molar-refractivity contribution in [3.05, 3.63) is 65.7 Å². The zero-order valence-corrected chi connectivity index (χ0v) is 16.0. The maximum Gasteiger partial charge on any atom is 0.253 e. The molecule has 1 saturated heterocycles. The number of nitrogens with zero attached hydrogens (tertiary/aromatic N) is 1. The van der Waals surface area contributed by atoms with Gasteiger partial charge in [-0.25, -0.2) is 13.1 Å². The van der Waals surface area contributed by atoms with Crippen LogP contribution in [0.2, 0.25) is 0 Å². The average molecular weight is 385 g/mol. The molecule has 142 valence electrons. The van der Waals surface area contributed by atoms with E-state index in [2.05, 4.69) is 4.72 Å². The molecule has 2 aliphatic rings. The predicted octanol–water partition coefficient (Wildman–Crippen LogP) is 3.15.